The van der Waals surface area contributed by atoms with Gasteiger partial charge in [0.1, 0.15) is 6.29 Å². The fourth-order valence-electron chi connectivity index (χ4n) is 2.91. The Hall–Kier alpha value is -0.153. The molecule has 0 atom stereocenters. The second kappa shape index (κ2) is 3.20. The molecule has 3 saturated carbocycles. The van der Waals surface area contributed by atoms with Crippen molar-refractivity contribution in [3.63, 3.8) is 0 Å². The summed E-state index contributed by atoms with van der Waals surface area (Å²) in [5.41, 5.74) is 0.465. The van der Waals surface area contributed by atoms with Crippen molar-refractivity contribution < 1.29 is 9.22 Å². The summed E-state index contributed by atoms with van der Waals surface area (Å²) in [7, 11) is -1.60. The van der Waals surface area contributed by atoms with Crippen LogP contribution in [-0.4, -0.2) is 21.2 Å². The summed E-state index contributed by atoms with van der Waals surface area (Å²) < 4.78 is 6.25. The Labute approximate surface area is 99.9 Å². The van der Waals surface area contributed by atoms with E-state index < -0.39 is 8.32 Å². The van der Waals surface area contributed by atoms with Crippen molar-refractivity contribution in [2.75, 3.05) is 6.61 Å². The molecule has 0 unspecified atom stereocenters. The Balaban J connectivity index is 1.84. The van der Waals surface area contributed by atoms with Gasteiger partial charge in [-0.1, -0.05) is 20.8 Å². The van der Waals surface area contributed by atoms with Crippen LogP contribution in [0.1, 0.15) is 40.0 Å². The monoisotopic (exact) mass is 240 g/mol. The van der Waals surface area contributed by atoms with Gasteiger partial charge in [0.15, 0.2) is 8.32 Å². The summed E-state index contributed by atoms with van der Waals surface area (Å²) in [4.78, 5) is 10.8. The summed E-state index contributed by atoms with van der Waals surface area (Å²) in [6, 6.07) is 0. The molecule has 0 aromatic rings. The molecule has 0 N–H and O–H groups in total. The first-order chi connectivity index (χ1) is 7.14. The third-order valence-corrected chi connectivity index (χ3v) is 9.45. The predicted octanol–water partition coefficient (Wildman–Crippen LogP) is 3.38. The van der Waals surface area contributed by atoms with Crippen LogP contribution in [0.25, 0.3) is 0 Å². The van der Waals surface area contributed by atoms with Crippen LogP contribution in [0.4, 0.5) is 0 Å². The quantitative estimate of drug-likeness (QED) is 0.556. The molecule has 3 rings (SSSR count). The minimum absolute atomic E-state index is 0.0801. The third-order valence-electron chi connectivity index (χ3n) is 4.98. The number of hydrogen-bond donors (Lipinski definition) is 0. The van der Waals surface area contributed by atoms with Crippen LogP contribution in [0.5, 0.6) is 0 Å². The molecule has 3 fully saturated rings. The summed E-state index contributed by atoms with van der Waals surface area (Å²) in [6.45, 7) is 12.3. The average Bonchev–Trinajstić information content (AvgIpc) is 1.97. The zero-order chi connectivity index (χ0) is 12.2. The van der Waals surface area contributed by atoms with E-state index in [-0.39, 0.29) is 5.41 Å². The molecule has 3 aliphatic rings. The van der Waals surface area contributed by atoms with Crippen LogP contribution in [0.2, 0.25) is 18.1 Å². The lowest BCUT2D eigenvalue weighted by Crippen LogP contribution is -2.65. The van der Waals surface area contributed by atoms with E-state index in [1.165, 1.54) is 6.29 Å². The maximum atomic E-state index is 10.8. The van der Waals surface area contributed by atoms with Gasteiger partial charge in [-0.2, -0.15) is 0 Å². The van der Waals surface area contributed by atoms with Gasteiger partial charge in [0, 0.05) is 12.0 Å². The Morgan fingerprint density at radius 1 is 1.25 bits per heavy atom. The largest absolute Gasteiger partial charge is 0.416 e. The number of rotatable bonds is 4. The maximum absolute atomic E-state index is 10.8. The molecular formula is C13H24O2Si. The highest BCUT2D eigenvalue weighted by Gasteiger charge is 2.68. The fraction of sp³-hybridized carbons (Fsp3) is 0.923. The molecule has 0 aliphatic heterocycles. The lowest BCUT2D eigenvalue weighted by molar-refractivity contribution is -0.206. The van der Waals surface area contributed by atoms with E-state index in [1.807, 2.05) is 0 Å². The number of carbonyl (C=O) groups is 1. The molecule has 2 nitrogen and oxygen atoms in total. The van der Waals surface area contributed by atoms with E-state index in [2.05, 4.69) is 33.9 Å². The first kappa shape index (κ1) is 12.3. The van der Waals surface area contributed by atoms with Crippen molar-refractivity contribution in [2.45, 2.75) is 58.2 Å². The van der Waals surface area contributed by atoms with E-state index in [4.69, 9.17) is 4.43 Å². The van der Waals surface area contributed by atoms with Crippen LogP contribution in [0, 0.1) is 10.8 Å². The first-order valence-electron chi connectivity index (χ1n) is 6.24. The van der Waals surface area contributed by atoms with Crippen LogP contribution in [0.3, 0.4) is 0 Å². The minimum atomic E-state index is -1.60. The van der Waals surface area contributed by atoms with E-state index in [0.29, 0.717) is 10.5 Å². The van der Waals surface area contributed by atoms with Crippen molar-refractivity contribution in [3.8, 4) is 0 Å². The average molecular weight is 240 g/mol. The van der Waals surface area contributed by atoms with Crippen molar-refractivity contribution >= 4 is 14.6 Å². The Morgan fingerprint density at radius 2 is 1.75 bits per heavy atom. The normalized spacial score (nSPS) is 37.6. The standard InChI is InChI=1S/C13H24O2Si/c1-11(2,3)16(4,5)15-10-13-6-12(7-13,8-13)9-14/h9H,6-8,10H2,1-5H3. The summed E-state index contributed by atoms with van der Waals surface area (Å²) in [6.07, 6.45) is 4.41. The molecule has 3 aliphatic carbocycles. The predicted molar refractivity (Wildman–Crippen MR) is 67.9 cm³/mol. The molecule has 16 heavy (non-hydrogen) atoms. The second-order valence-electron chi connectivity index (χ2n) is 7.56. The second-order valence-corrected chi connectivity index (χ2v) is 12.4. The van der Waals surface area contributed by atoms with E-state index in [9.17, 15) is 4.79 Å². The number of aldehydes is 1. The van der Waals surface area contributed by atoms with Gasteiger partial charge in [-0.25, -0.2) is 0 Å². The molecular weight excluding hydrogens is 216 g/mol. The van der Waals surface area contributed by atoms with Crippen LogP contribution < -0.4 is 0 Å². The van der Waals surface area contributed by atoms with Gasteiger partial charge in [-0.15, -0.1) is 0 Å². The maximum Gasteiger partial charge on any atom is 0.192 e. The summed E-state index contributed by atoms with van der Waals surface area (Å²) in [5, 5.41) is 0.291. The molecule has 0 spiro atoms. The highest BCUT2D eigenvalue weighted by atomic mass is 28.4. The van der Waals surface area contributed by atoms with Crippen molar-refractivity contribution in [2.24, 2.45) is 10.8 Å². The molecule has 0 aromatic heterocycles. The molecule has 2 bridgehead atoms. The molecule has 0 radical (unpaired) electrons. The van der Waals surface area contributed by atoms with Crippen molar-refractivity contribution in [1.29, 1.82) is 0 Å². The lowest BCUT2D eigenvalue weighted by atomic mass is 9.36. The first-order valence-corrected chi connectivity index (χ1v) is 9.15. The van der Waals surface area contributed by atoms with Gasteiger partial charge in [0.2, 0.25) is 0 Å². The molecule has 0 saturated heterocycles. The summed E-state index contributed by atoms with van der Waals surface area (Å²) >= 11 is 0. The highest BCUT2D eigenvalue weighted by Crippen LogP contribution is 2.72. The number of carbonyl (C=O) groups excluding carboxylic acids is 1. The third kappa shape index (κ3) is 1.68. The fourth-order valence-corrected chi connectivity index (χ4v) is 4.01. The highest BCUT2D eigenvalue weighted by molar-refractivity contribution is 6.74. The van der Waals surface area contributed by atoms with Gasteiger partial charge in [0.25, 0.3) is 0 Å². The van der Waals surface area contributed by atoms with E-state index >= 15 is 0 Å². The zero-order valence-electron chi connectivity index (χ0n) is 11.2. The van der Waals surface area contributed by atoms with Gasteiger partial charge in [-0.3, -0.25) is 0 Å². The molecule has 3 heteroatoms. The minimum Gasteiger partial charge on any atom is -0.416 e. The smallest absolute Gasteiger partial charge is 0.192 e. The van der Waals surface area contributed by atoms with Crippen LogP contribution in [0.15, 0.2) is 0 Å². The van der Waals surface area contributed by atoms with Crippen LogP contribution in [-0.2, 0) is 9.22 Å². The van der Waals surface area contributed by atoms with Crippen LogP contribution >= 0.6 is 0 Å². The van der Waals surface area contributed by atoms with E-state index in [1.54, 1.807) is 0 Å². The van der Waals surface area contributed by atoms with Gasteiger partial charge in [-0.05, 0) is 42.8 Å². The Bertz CT molecular complexity index is 295. The van der Waals surface area contributed by atoms with Crippen molar-refractivity contribution in [1.82, 2.24) is 0 Å². The van der Waals surface area contributed by atoms with Gasteiger partial charge in [0.05, 0.1) is 0 Å². The lowest BCUT2D eigenvalue weighted by Gasteiger charge is -2.68. The van der Waals surface area contributed by atoms with Gasteiger partial charge >= 0.3 is 0 Å². The molecule has 0 amide bonds. The molecule has 0 heterocycles. The molecule has 0 aromatic carbocycles. The Kier molecular flexibility index (Phi) is 2.46. The van der Waals surface area contributed by atoms with Crippen molar-refractivity contribution in [3.05, 3.63) is 0 Å². The Morgan fingerprint density at radius 3 is 2.12 bits per heavy atom. The SMILES string of the molecule is CC(C)(C)[Si](C)(C)OCC12CC(C=O)(C1)C2. The number of hydrogen-bond acceptors (Lipinski definition) is 2. The van der Waals surface area contributed by atoms with Gasteiger partial charge < -0.3 is 9.22 Å². The molecule has 92 valence electrons. The summed E-state index contributed by atoms with van der Waals surface area (Å²) in [5.74, 6) is 0. The zero-order valence-corrected chi connectivity index (χ0v) is 12.2. The van der Waals surface area contributed by atoms with E-state index in [0.717, 1.165) is 25.9 Å². The topological polar surface area (TPSA) is 26.3 Å².